The number of likely N-dealkylation sites (N-methyl/N-ethyl adjacent to an activating group) is 1. The first-order valence-electron chi connectivity index (χ1n) is 7.28. The van der Waals surface area contributed by atoms with Gasteiger partial charge in [0.25, 0.3) is 5.91 Å². The predicted octanol–water partition coefficient (Wildman–Crippen LogP) is 1.87. The highest BCUT2D eigenvalue weighted by Crippen LogP contribution is 2.16. The summed E-state index contributed by atoms with van der Waals surface area (Å²) in [7, 11) is 3.90. The molecule has 0 fully saturated rings. The Labute approximate surface area is 129 Å². The summed E-state index contributed by atoms with van der Waals surface area (Å²) in [4.78, 5) is 14.3. The third-order valence-electron chi connectivity index (χ3n) is 3.35. The third-order valence-corrected chi connectivity index (χ3v) is 3.35. The molecule has 0 aliphatic rings. The van der Waals surface area contributed by atoms with Gasteiger partial charge in [0, 0.05) is 13.1 Å². The predicted molar refractivity (Wildman–Crippen MR) is 83.8 cm³/mol. The molecule has 1 aromatic heterocycles. The molecular weight excluding hydrogens is 283 g/mol. The van der Waals surface area contributed by atoms with Gasteiger partial charge in [-0.1, -0.05) is 13.0 Å². The number of carbonyl (C=O) groups excluding carboxylic acids is 1. The van der Waals surface area contributed by atoms with Gasteiger partial charge in [-0.25, -0.2) is 9.07 Å². The number of nitrogens with one attached hydrogen (secondary N) is 1. The number of aromatic nitrogens is 2. The first kappa shape index (κ1) is 16.2. The van der Waals surface area contributed by atoms with Crippen LogP contribution in [-0.4, -0.2) is 47.8 Å². The van der Waals surface area contributed by atoms with Gasteiger partial charge in [-0.15, -0.1) is 0 Å². The SMILES string of the molecule is CCc1c(C(=O)NCCN(C)C)cnn1-c1cccc(F)c1. The van der Waals surface area contributed by atoms with Gasteiger partial charge in [-0.3, -0.25) is 4.79 Å². The molecule has 0 saturated heterocycles. The van der Waals surface area contributed by atoms with Crippen LogP contribution in [0.5, 0.6) is 0 Å². The van der Waals surface area contributed by atoms with Gasteiger partial charge >= 0.3 is 0 Å². The zero-order chi connectivity index (χ0) is 16.1. The summed E-state index contributed by atoms with van der Waals surface area (Å²) < 4.78 is 15.0. The molecule has 0 atom stereocenters. The first-order chi connectivity index (χ1) is 10.5. The summed E-state index contributed by atoms with van der Waals surface area (Å²) in [5, 5.41) is 7.11. The van der Waals surface area contributed by atoms with Crippen molar-refractivity contribution in [3.63, 3.8) is 0 Å². The summed E-state index contributed by atoms with van der Waals surface area (Å²) in [6.45, 7) is 3.29. The lowest BCUT2D eigenvalue weighted by molar-refractivity contribution is 0.0950. The van der Waals surface area contributed by atoms with Crippen molar-refractivity contribution in [3.8, 4) is 5.69 Å². The number of rotatable bonds is 6. The van der Waals surface area contributed by atoms with Crippen molar-refractivity contribution >= 4 is 5.91 Å². The van der Waals surface area contributed by atoms with Crippen molar-refractivity contribution in [2.24, 2.45) is 0 Å². The average molecular weight is 304 g/mol. The molecule has 0 spiro atoms. The van der Waals surface area contributed by atoms with E-state index in [1.807, 2.05) is 25.9 Å². The molecule has 1 aromatic carbocycles. The molecule has 2 aromatic rings. The van der Waals surface area contributed by atoms with E-state index < -0.39 is 0 Å². The summed E-state index contributed by atoms with van der Waals surface area (Å²) in [5.74, 6) is -0.478. The van der Waals surface area contributed by atoms with E-state index in [1.165, 1.54) is 18.3 Å². The zero-order valence-corrected chi connectivity index (χ0v) is 13.1. The number of benzene rings is 1. The maximum absolute atomic E-state index is 13.4. The topological polar surface area (TPSA) is 50.2 Å². The second kappa shape index (κ2) is 7.17. The second-order valence-electron chi connectivity index (χ2n) is 5.31. The van der Waals surface area contributed by atoms with Crippen LogP contribution in [0.15, 0.2) is 30.5 Å². The molecule has 2 rings (SSSR count). The van der Waals surface area contributed by atoms with E-state index in [2.05, 4.69) is 10.4 Å². The lowest BCUT2D eigenvalue weighted by atomic mass is 10.2. The van der Waals surface area contributed by atoms with E-state index in [0.29, 0.717) is 24.2 Å². The maximum Gasteiger partial charge on any atom is 0.254 e. The first-order valence-corrected chi connectivity index (χ1v) is 7.28. The fourth-order valence-electron chi connectivity index (χ4n) is 2.22. The van der Waals surface area contributed by atoms with Crippen LogP contribution in [0, 0.1) is 5.82 Å². The van der Waals surface area contributed by atoms with Crippen molar-refractivity contribution in [1.29, 1.82) is 0 Å². The van der Waals surface area contributed by atoms with Crippen LogP contribution in [0.2, 0.25) is 0 Å². The molecule has 0 aliphatic heterocycles. The van der Waals surface area contributed by atoms with Crippen molar-refractivity contribution in [3.05, 3.63) is 47.5 Å². The molecule has 6 heteroatoms. The Morgan fingerprint density at radius 2 is 2.18 bits per heavy atom. The van der Waals surface area contributed by atoms with Crippen molar-refractivity contribution < 1.29 is 9.18 Å². The average Bonchev–Trinajstić information content (AvgIpc) is 2.90. The van der Waals surface area contributed by atoms with Crippen molar-refractivity contribution in [2.45, 2.75) is 13.3 Å². The Hall–Kier alpha value is -2.21. The van der Waals surface area contributed by atoms with E-state index in [0.717, 1.165) is 12.2 Å². The quantitative estimate of drug-likeness (QED) is 0.886. The summed E-state index contributed by atoms with van der Waals surface area (Å²) in [6, 6.07) is 6.18. The van der Waals surface area contributed by atoms with E-state index in [4.69, 9.17) is 0 Å². The van der Waals surface area contributed by atoms with Gasteiger partial charge < -0.3 is 10.2 Å². The Balaban J connectivity index is 2.22. The van der Waals surface area contributed by atoms with Crippen LogP contribution in [0.3, 0.4) is 0 Å². The lowest BCUT2D eigenvalue weighted by Crippen LogP contribution is -2.31. The summed E-state index contributed by atoms with van der Waals surface area (Å²) >= 11 is 0. The highest BCUT2D eigenvalue weighted by Gasteiger charge is 2.17. The third kappa shape index (κ3) is 3.71. The van der Waals surface area contributed by atoms with Crippen LogP contribution in [0.1, 0.15) is 23.0 Å². The van der Waals surface area contributed by atoms with Crippen LogP contribution < -0.4 is 5.32 Å². The van der Waals surface area contributed by atoms with Crippen LogP contribution >= 0.6 is 0 Å². The molecule has 0 aliphatic carbocycles. The van der Waals surface area contributed by atoms with Gasteiger partial charge in [0.15, 0.2) is 0 Å². The molecular formula is C16H21FN4O. The fourth-order valence-corrected chi connectivity index (χ4v) is 2.22. The van der Waals surface area contributed by atoms with Gasteiger partial charge in [0.2, 0.25) is 0 Å². The van der Waals surface area contributed by atoms with Gasteiger partial charge in [0.05, 0.1) is 23.1 Å². The molecule has 0 radical (unpaired) electrons. The van der Waals surface area contributed by atoms with E-state index in [-0.39, 0.29) is 11.7 Å². The monoisotopic (exact) mass is 304 g/mol. The Bertz CT molecular complexity index is 651. The minimum absolute atomic E-state index is 0.152. The van der Waals surface area contributed by atoms with Gasteiger partial charge in [-0.05, 0) is 38.7 Å². The van der Waals surface area contributed by atoms with E-state index in [1.54, 1.807) is 16.8 Å². The largest absolute Gasteiger partial charge is 0.351 e. The van der Waals surface area contributed by atoms with Gasteiger partial charge in [0.1, 0.15) is 5.82 Å². The second-order valence-corrected chi connectivity index (χ2v) is 5.31. The molecule has 22 heavy (non-hydrogen) atoms. The molecule has 0 unspecified atom stereocenters. The molecule has 5 nitrogen and oxygen atoms in total. The number of halogens is 1. The maximum atomic E-state index is 13.4. The summed E-state index contributed by atoms with van der Waals surface area (Å²) in [6.07, 6.45) is 2.17. The minimum atomic E-state index is -0.327. The Morgan fingerprint density at radius 3 is 2.82 bits per heavy atom. The van der Waals surface area contributed by atoms with Gasteiger partial charge in [-0.2, -0.15) is 5.10 Å². The highest BCUT2D eigenvalue weighted by atomic mass is 19.1. The normalized spacial score (nSPS) is 11.0. The van der Waals surface area contributed by atoms with Crippen LogP contribution in [0.25, 0.3) is 5.69 Å². The van der Waals surface area contributed by atoms with Crippen molar-refractivity contribution in [2.75, 3.05) is 27.2 Å². The smallest absolute Gasteiger partial charge is 0.254 e. The number of hydrogen-bond acceptors (Lipinski definition) is 3. The zero-order valence-electron chi connectivity index (χ0n) is 13.1. The molecule has 1 heterocycles. The minimum Gasteiger partial charge on any atom is -0.351 e. The molecule has 0 saturated carbocycles. The Morgan fingerprint density at radius 1 is 1.41 bits per heavy atom. The number of carbonyl (C=O) groups is 1. The van der Waals surface area contributed by atoms with E-state index in [9.17, 15) is 9.18 Å². The van der Waals surface area contributed by atoms with Crippen LogP contribution in [-0.2, 0) is 6.42 Å². The number of hydrogen-bond donors (Lipinski definition) is 1. The fraction of sp³-hybridized carbons (Fsp3) is 0.375. The molecule has 1 N–H and O–H groups in total. The van der Waals surface area contributed by atoms with E-state index >= 15 is 0 Å². The molecule has 1 amide bonds. The highest BCUT2D eigenvalue weighted by molar-refractivity contribution is 5.95. The van der Waals surface area contributed by atoms with Crippen molar-refractivity contribution in [1.82, 2.24) is 20.0 Å². The Kier molecular flexibility index (Phi) is 5.27. The van der Waals surface area contributed by atoms with Crippen LogP contribution in [0.4, 0.5) is 4.39 Å². The number of amides is 1. The molecule has 0 bridgehead atoms. The summed E-state index contributed by atoms with van der Waals surface area (Å²) in [5.41, 5.74) is 1.92. The number of nitrogens with zero attached hydrogens (tertiary/aromatic N) is 3. The standard InChI is InChI=1S/C16H21FN4O/c1-4-15-14(16(22)18-8-9-20(2)3)11-19-21(15)13-7-5-6-12(17)10-13/h5-7,10-11H,4,8-9H2,1-3H3,(H,18,22). The molecule has 118 valence electrons. The lowest BCUT2D eigenvalue weighted by Gasteiger charge is -2.11.